The van der Waals surface area contributed by atoms with Crippen LogP contribution in [-0.4, -0.2) is 47.9 Å². The standard InChI is InChI=1S/C22H30O6/c1-13-11-14(2)19-18(12-13)25-10-9-17-20(28-22(4,5)27-17)16(23)8-6-7-15(3)26-21(19)24/h6,8,11-12,15-17,20,23H,7,9-10H2,1-5H3/b8-6-/t15-,16?,17-,20+/m0/s1. The lowest BCUT2D eigenvalue weighted by molar-refractivity contribution is -0.153. The minimum Gasteiger partial charge on any atom is -0.493 e. The summed E-state index contributed by atoms with van der Waals surface area (Å²) in [6.07, 6.45) is 2.59. The van der Waals surface area contributed by atoms with Gasteiger partial charge >= 0.3 is 5.97 Å². The van der Waals surface area contributed by atoms with Crippen LogP contribution in [-0.2, 0) is 14.2 Å². The van der Waals surface area contributed by atoms with E-state index in [1.165, 1.54) is 0 Å². The van der Waals surface area contributed by atoms with E-state index in [9.17, 15) is 9.90 Å². The molecule has 1 saturated heterocycles. The van der Waals surface area contributed by atoms with Crippen LogP contribution in [0.1, 0.15) is 55.1 Å². The quantitative estimate of drug-likeness (QED) is 0.540. The number of aryl methyl sites for hydroxylation is 2. The molecule has 0 aliphatic carbocycles. The van der Waals surface area contributed by atoms with Gasteiger partial charge in [-0.25, -0.2) is 4.79 Å². The first kappa shape index (κ1) is 20.8. The molecule has 1 fully saturated rings. The van der Waals surface area contributed by atoms with Gasteiger partial charge in [0.15, 0.2) is 5.79 Å². The summed E-state index contributed by atoms with van der Waals surface area (Å²) < 4.78 is 23.4. The number of carbonyl (C=O) groups excluding carboxylic acids is 1. The number of aliphatic hydroxyl groups excluding tert-OH is 1. The van der Waals surface area contributed by atoms with Gasteiger partial charge in [0.2, 0.25) is 0 Å². The summed E-state index contributed by atoms with van der Waals surface area (Å²) in [6, 6.07) is 3.79. The number of benzene rings is 1. The van der Waals surface area contributed by atoms with Crippen LogP contribution >= 0.6 is 0 Å². The second-order valence-electron chi connectivity index (χ2n) is 8.10. The van der Waals surface area contributed by atoms with Crippen LogP contribution in [0.3, 0.4) is 0 Å². The lowest BCUT2D eigenvalue weighted by Gasteiger charge is -2.22. The first-order valence-electron chi connectivity index (χ1n) is 9.81. The molecule has 0 bridgehead atoms. The van der Waals surface area contributed by atoms with Crippen LogP contribution in [0.2, 0.25) is 0 Å². The topological polar surface area (TPSA) is 74.2 Å². The number of hydrogen-bond acceptors (Lipinski definition) is 6. The van der Waals surface area contributed by atoms with Crippen molar-refractivity contribution < 1.29 is 28.8 Å². The summed E-state index contributed by atoms with van der Waals surface area (Å²) in [6.45, 7) is 9.67. The molecular formula is C22H30O6. The van der Waals surface area contributed by atoms with Gasteiger partial charge in [0, 0.05) is 12.8 Å². The van der Waals surface area contributed by atoms with Crippen LogP contribution < -0.4 is 4.74 Å². The van der Waals surface area contributed by atoms with Crippen molar-refractivity contribution in [1.29, 1.82) is 0 Å². The number of ether oxygens (including phenoxy) is 4. The molecule has 1 aromatic rings. The Morgan fingerprint density at radius 1 is 1.18 bits per heavy atom. The molecule has 1 N–H and O–H groups in total. The van der Waals surface area contributed by atoms with Crippen molar-refractivity contribution in [1.82, 2.24) is 0 Å². The molecule has 28 heavy (non-hydrogen) atoms. The third-order valence-electron chi connectivity index (χ3n) is 4.98. The van der Waals surface area contributed by atoms with Crippen LogP contribution in [0.25, 0.3) is 0 Å². The van der Waals surface area contributed by atoms with Gasteiger partial charge in [0.1, 0.15) is 29.6 Å². The van der Waals surface area contributed by atoms with Crippen LogP contribution in [0.4, 0.5) is 0 Å². The Balaban J connectivity index is 1.90. The van der Waals surface area contributed by atoms with E-state index >= 15 is 0 Å². The molecule has 2 heterocycles. The Labute approximate surface area is 166 Å². The number of cyclic esters (lactones) is 1. The maximum absolute atomic E-state index is 12.7. The molecular weight excluding hydrogens is 360 g/mol. The lowest BCUT2D eigenvalue weighted by atomic mass is 10.0. The summed E-state index contributed by atoms with van der Waals surface area (Å²) in [5.74, 6) is -0.654. The number of aliphatic hydroxyl groups is 1. The lowest BCUT2D eigenvalue weighted by Crippen LogP contribution is -2.35. The largest absolute Gasteiger partial charge is 0.493 e. The highest BCUT2D eigenvalue weighted by Gasteiger charge is 2.44. The molecule has 0 radical (unpaired) electrons. The zero-order valence-corrected chi connectivity index (χ0v) is 17.2. The van der Waals surface area contributed by atoms with Gasteiger partial charge in [0.05, 0.1) is 12.7 Å². The predicted octanol–water partition coefficient (Wildman–Crippen LogP) is 3.46. The highest BCUT2D eigenvalue weighted by atomic mass is 16.8. The molecule has 0 spiro atoms. The van der Waals surface area contributed by atoms with E-state index in [0.717, 1.165) is 11.1 Å². The van der Waals surface area contributed by atoms with E-state index in [1.54, 1.807) is 6.08 Å². The average molecular weight is 390 g/mol. The molecule has 1 unspecified atom stereocenters. The van der Waals surface area contributed by atoms with E-state index in [1.807, 2.05) is 52.8 Å². The van der Waals surface area contributed by atoms with Gasteiger partial charge in [-0.15, -0.1) is 0 Å². The second-order valence-corrected chi connectivity index (χ2v) is 8.10. The molecule has 0 aromatic heterocycles. The van der Waals surface area contributed by atoms with Gasteiger partial charge in [-0.2, -0.15) is 0 Å². The Morgan fingerprint density at radius 2 is 1.93 bits per heavy atom. The molecule has 1 aromatic carbocycles. The van der Waals surface area contributed by atoms with E-state index < -0.39 is 24.0 Å². The first-order chi connectivity index (χ1) is 13.2. The predicted molar refractivity (Wildman–Crippen MR) is 104 cm³/mol. The van der Waals surface area contributed by atoms with Gasteiger partial charge in [-0.3, -0.25) is 0 Å². The summed E-state index contributed by atoms with van der Waals surface area (Å²) in [4.78, 5) is 12.7. The van der Waals surface area contributed by atoms with E-state index in [-0.39, 0.29) is 12.2 Å². The number of hydrogen-bond donors (Lipinski definition) is 1. The highest BCUT2D eigenvalue weighted by Crippen LogP contribution is 2.33. The van der Waals surface area contributed by atoms with Crippen molar-refractivity contribution in [3.63, 3.8) is 0 Å². The van der Waals surface area contributed by atoms with Crippen LogP contribution in [0.5, 0.6) is 5.75 Å². The van der Waals surface area contributed by atoms with Crippen molar-refractivity contribution in [2.24, 2.45) is 0 Å². The Morgan fingerprint density at radius 3 is 2.68 bits per heavy atom. The summed E-state index contributed by atoms with van der Waals surface area (Å²) >= 11 is 0. The molecule has 4 atom stereocenters. The number of carbonyl (C=O) groups is 1. The first-order valence-corrected chi connectivity index (χ1v) is 9.81. The Bertz CT molecular complexity index is 754. The third-order valence-corrected chi connectivity index (χ3v) is 4.98. The van der Waals surface area contributed by atoms with Gasteiger partial charge in [0.25, 0.3) is 0 Å². The fraction of sp³-hybridized carbons (Fsp3) is 0.591. The summed E-state index contributed by atoms with van der Waals surface area (Å²) in [7, 11) is 0. The van der Waals surface area contributed by atoms with Crippen molar-refractivity contribution >= 4 is 5.97 Å². The molecule has 6 nitrogen and oxygen atoms in total. The Kier molecular flexibility index (Phi) is 6.12. The van der Waals surface area contributed by atoms with Crippen molar-refractivity contribution in [3.8, 4) is 5.75 Å². The molecule has 154 valence electrons. The number of esters is 1. The van der Waals surface area contributed by atoms with Crippen molar-refractivity contribution in [2.75, 3.05) is 6.61 Å². The highest BCUT2D eigenvalue weighted by molar-refractivity contribution is 5.94. The van der Waals surface area contributed by atoms with Crippen molar-refractivity contribution in [3.05, 3.63) is 41.0 Å². The molecule has 6 heteroatoms. The molecule has 2 aliphatic rings. The van der Waals surface area contributed by atoms with Crippen LogP contribution in [0.15, 0.2) is 24.3 Å². The smallest absolute Gasteiger partial charge is 0.342 e. The van der Waals surface area contributed by atoms with Gasteiger partial charge < -0.3 is 24.1 Å². The fourth-order valence-electron chi connectivity index (χ4n) is 3.77. The monoisotopic (exact) mass is 390 g/mol. The SMILES string of the molecule is Cc1cc(C)c2c(c1)OCC[C@@H]1OC(C)(C)O[C@@H]1C(O)/C=C\C[C@H](C)OC2=O. The molecule has 0 amide bonds. The van der Waals surface area contributed by atoms with Crippen LogP contribution in [0, 0.1) is 13.8 Å². The van der Waals surface area contributed by atoms with Crippen molar-refractivity contribution in [2.45, 2.75) is 77.7 Å². The minimum atomic E-state index is -0.811. The maximum atomic E-state index is 12.7. The number of fused-ring (bicyclic) bond motifs is 2. The summed E-state index contributed by atoms with van der Waals surface area (Å²) in [5, 5.41) is 10.5. The molecule has 0 saturated carbocycles. The Hall–Kier alpha value is -1.89. The zero-order chi connectivity index (χ0) is 20.5. The van der Waals surface area contributed by atoms with Gasteiger partial charge in [-0.05, 0) is 51.8 Å². The van der Waals surface area contributed by atoms with E-state index in [4.69, 9.17) is 18.9 Å². The third kappa shape index (κ3) is 4.74. The molecule has 3 rings (SSSR count). The van der Waals surface area contributed by atoms with E-state index in [0.29, 0.717) is 30.8 Å². The van der Waals surface area contributed by atoms with Gasteiger partial charge in [-0.1, -0.05) is 18.2 Å². The molecule has 2 aliphatic heterocycles. The fourth-order valence-corrected chi connectivity index (χ4v) is 3.77. The minimum absolute atomic E-state index is 0.309. The zero-order valence-electron chi connectivity index (χ0n) is 17.2. The maximum Gasteiger partial charge on any atom is 0.342 e. The average Bonchev–Trinajstić information content (AvgIpc) is 2.88. The number of rotatable bonds is 0. The normalized spacial score (nSPS) is 31.7. The van der Waals surface area contributed by atoms with E-state index in [2.05, 4.69) is 0 Å². The summed E-state index contributed by atoms with van der Waals surface area (Å²) in [5.41, 5.74) is 2.29. The second kappa shape index (κ2) is 8.23.